The molecule has 2 heterocycles. The summed E-state index contributed by atoms with van der Waals surface area (Å²) in [5, 5.41) is 0. The van der Waals surface area contributed by atoms with Crippen LogP contribution in [-0.4, -0.2) is 61.1 Å². The van der Waals surface area contributed by atoms with Crippen LogP contribution in [-0.2, 0) is 9.53 Å². The van der Waals surface area contributed by atoms with Crippen molar-refractivity contribution in [3.8, 4) is 0 Å². The minimum Gasteiger partial charge on any atom is -0.379 e. The third-order valence-electron chi connectivity index (χ3n) is 4.58. The topological polar surface area (TPSA) is 58.8 Å². The maximum Gasteiger partial charge on any atom is 0.244 e. The van der Waals surface area contributed by atoms with Crippen molar-refractivity contribution in [2.45, 2.75) is 24.9 Å². The van der Waals surface area contributed by atoms with E-state index in [9.17, 15) is 9.18 Å². The maximum absolute atomic E-state index is 13.7. The second kappa shape index (κ2) is 7.38. The Bertz CT molecular complexity index is 548. The number of morpholine rings is 1. The van der Waals surface area contributed by atoms with E-state index in [0.29, 0.717) is 38.4 Å². The summed E-state index contributed by atoms with van der Waals surface area (Å²) in [5.41, 5.74) is 6.72. The van der Waals surface area contributed by atoms with Gasteiger partial charge in [0.2, 0.25) is 5.91 Å². The van der Waals surface area contributed by atoms with Gasteiger partial charge in [-0.2, -0.15) is 0 Å². The van der Waals surface area contributed by atoms with Crippen molar-refractivity contribution in [1.82, 2.24) is 9.80 Å². The molecule has 3 rings (SSSR count). The molecule has 0 aliphatic carbocycles. The molecule has 1 aromatic carbocycles. The van der Waals surface area contributed by atoms with Gasteiger partial charge in [-0.3, -0.25) is 9.69 Å². The predicted octanol–water partition coefficient (Wildman–Crippen LogP) is 1.15. The summed E-state index contributed by atoms with van der Waals surface area (Å²) >= 11 is 0. The summed E-state index contributed by atoms with van der Waals surface area (Å²) < 4.78 is 19.1. The van der Waals surface area contributed by atoms with E-state index in [1.807, 2.05) is 11.0 Å². The van der Waals surface area contributed by atoms with Crippen LogP contribution >= 0.6 is 0 Å². The number of likely N-dealkylation sites (tertiary alicyclic amines) is 1. The molecule has 0 aromatic heterocycles. The summed E-state index contributed by atoms with van der Waals surface area (Å²) in [6.45, 7) is 3.84. The van der Waals surface area contributed by atoms with Gasteiger partial charge < -0.3 is 15.4 Å². The Morgan fingerprint density at radius 3 is 2.78 bits per heavy atom. The highest BCUT2D eigenvalue weighted by Crippen LogP contribution is 2.26. The zero-order valence-corrected chi connectivity index (χ0v) is 13.3. The highest BCUT2D eigenvalue weighted by atomic mass is 19.1. The molecule has 0 saturated carbocycles. The first-order chi connectivity index (χ1) is 11.1. The number of halogens is 1. The third-order valence-corrected chi connectivity index (χ3v) is 4.58. The third kappa shape index (κ3) is 3.88. The van der Waals surface area contributed by atoms with Crippen LogP contribution in [0.4, 0.5) is 4.39 Å². The molecule has 1 amide bonds. The molecule has 126 valence electrons. The zero-order chi connectivity index (χ0) is 16.2. The van der Waals surface area contributed by atoms with Crippen LogP contribution in [0.1, 0.15) is 24.4 Å². The SMILES string of the molecule is N[C@H]1CCCN(C(=O)[C@H](c2cccc(F)c2)N2CCOCC2)C1. The normalized spacial score (nSPS) is 24.4. The Morgan fingerprint density at radius 2 is 2.09 bits per heavy atom. The molecular weight excluding hydrogens is 297 g/mol. The lowest BCUT2D eigenvalue weighted by Gasteiger charge is -2.39. The molecule has 0 unspecified atom stereocenters. The minimum absolute atomic E-state index is 0.0210. The molecule has 0 spiro atoms. The fourth-order valence-corrected chi connectivity index (χ4v) is 3.41. The number of rotatable bonds is 3. The minimum atomic E-state index is -0.458. The summed E-state index contributed by atoms with van der Waals surface area (Å²) in [7, 11) is 0. The first-order valence-corrected chi connectivity index (χ1v) is 8.27. The van der Waals surface area contributed by atoms with Crippen LogP contribution in [0.5, 0.6) is 0 Å². The Hall–Kier alpha value is -1.50. The molecule has 2 atom stereocenters. The predicted molar refractivity (Wildman–Crippen MR) is 85.3 cm³/mol. The van der Waals surface area contributed by atoms with Gasteiger partial charge in [-0.15, -0.1) is 0 Å². The molecule has 6 heteroatoms. The summed E-state index contributed by atoms with van der Waals surface area (Å²) in [4.78, 5) is 17.0. The fraction of sp³-hybridized carbons (Fsp3) is 0.588. The van der Waals surface area contributed by atoms with Crippen molar-refractivity contribution in [2.75, 3.05) is 39.4 Å². The van der Waals surface area contributed by atoms with Gasteiger partial charge in [0.05, 0.1) is 13.2 Å². The lowest BCUT2D eigenvalue weighted by Crippen LogP contribution is -2.51. The van der Waals surface area contributed by atoms with E-state index < -0.39 is 6.04 Å². The van der Waals surface area contributed by atoms with E-state index in [1.54, 1.807) is 6.07 Å². The first-order valence-electron chi connectivity index (χ1n) is 8.27. The van der Waals surface area contributed by atoms with Gasteiger partial charge in [-0.25, -0.2) is 4.39 Å². The number of hydrogen-bond donors (Lipinski definition) is 1. The molecule has 0 radical (unpaired) electrons. The number of carbonyl (C=O) groups excluding carboxylic acids is 1. The fourth-order valence-electron chi connectivity index (χ4n) is 3.41. The van der Waals surface area contributed by atoms with E-state index in [1.165, 1.54) is 12.1 Å². The Kier molecular flexibility index (Phi) is 5.25. The lowest BCUT2D eigenvalue weighted by atomic mass is 10.00. The second-order valence-corrected chi connectivity index (χ2v) is 6.29. The highest BCUT2D eigenvalue weighted by molar-refractivity contribution is 5.83. The molecule has 2 N–H and O–H groups in total. The van der Waals surface area contributed by atoms with Crippen LogP contribution < -0.4 is 5.73 Å². The number of nitrogens with two attached hydrogens (primary N) is 1. The Morgan fingerprint density at radius 1 is 1.30 bits per heavy atom. The van der Waals surface area contributed by atoms with Crippen molar-refractivity contribution in [3.63, 3.8) is 0 Å². The highest BCUT2D eigenvalue weighted by Gasteiger charge is 2.34. The van der Waals surface area contributed by atoms with Crippen molar-refractivity contribution < 1.29 is 13.9 Å². The molecular formula is C17H24FN3O2. The van der Waals surface area contributed by atoms with Crippen molar-refractivity contribution in [3.05, 3.63) is 35.6 Å². The molecule has 5 nitrogen and oxygen atoms in total. The monoisotopic (exact) mass is 321 g/mol. The van der Waals surface area contributed by atoms with Gasteiger partial charge >= 0.3 is 0 Å². The standard InChI is InChI=1S/C17H24FN3O2/c18-14-4-1-3-13(11-14)16(20-7-9-23-10-8-20)17(22)21-6-2-5-15(19)12-21/h1,3-4,11,15-16H,2,5-10,12,19H2/t15-,16-/m0/s1. The molecule has 0 bridgehead atoms. The summed E-state index contributed by atoms with van der Waals surface area (Å²) in [6, 6.07) is 5.92. The Balaban J connectivity index is 1.86. The lowest BCUT2D eigenvalue weighted by molar-refractivity contribution is -0.140. The number of hydrogen-bond acceptors (Lipinski definition) is 4. The van der Waals surface area contributed by atoms with Crippen molar-refractivity contribution in [2.24, 2.45) is 5.73 Å². The van der Waals surface area contributed by atoms with Gasteiger partial charge in [0.1, 0.15) is 11.9 Å². The summed E-state index contributed by atoms with van der Waals surface area (Å²) in [5.74, 6) is -0.295. The number of ether oxygens (including phenoxy) is 1. The van der Waals surface area contributed by atoms with E-state index in [0.717, 1.165) is 19.4 Å². The summed E-state index contributed by atoms with van der Waals surface area (Å²) in [6.07, 6.45) is 1.87. The zero-order valence-electron chi connectivity index (χ0n) is 13.3. The number of carbonyl (C=O) groups is 1. The van der Waals surface area contributed by atoms with Crippen molar-refractivity contribution in [1.29, 1.82) is 0 Å². The molecule has 2 saturated heterocycles. The van der Waals surface area contributed by atoms with Gasteiger partial charge in [0.15, 0.2) is 0 Å². The van der Waals surface area contributed by atoms with Gasteiger partial charge in [0, 0.05) is 32.2 Å². The quantitative estimate of drug-likeness (QED) is 0.907. The molecule has 2 aliphatic rings. The number of amides is 1. The average Bonchev–Trinajstić information content (AvgIpc) is 2.56. The molecule has 1 aromatic rings. The maximum atomic E-state index is 13.7. The smallest absolute Gasteiger partial charge is 0.244 e. The van der Waals surface area contributed by atoms with Crippen LogP contribution in [0, 0.1) is 5.82 Å². The van der Waals surface area contributed by atoms with E-state index in [4.69, 9.17) is 10.5 Å². The second-order valence-electron chi connectivity index (χ2n) is 6.29. The number of piperidine rings is 1. The largest absolute Gasteiger partial charge is 0.379 e. The molecule has 23 heavy (non-hydrogen) atoms. The van der Waals surface area contributed by atoms with Gasteiger partial charge in [-0.05, 0) is 30.5 Å². The van der Waals surface area contributed by atoms with Crippen LogP contribution in [0.25, 0.3) is 0 Å². The van der Waals surface area contributed by atoms with Crippen LogP contribution in [0.3, 0.4) is 0 Å². The van der Waals surface area contributed by atoms with Crippen molar-refractivity contribution >= 4 is 5.91 Å². The van der Waals surface area contributed by atoms with Crippen LogP contribution in [0.15, 0.2) is 24.3 Å². The molecule has 2 aliphatic heterocycles. The van der Waals surface area contributed by atoms with E-state index in [-0.39, 0.29) is 17.8 Å². The van der Waals surface area contributed by atoms with Gasteiger partial charge in [-0.1, -0.05) is 12.1 Å². The van der Waals surface area contributed by atoms with Crippen LogP contribution in [0.2, 0.25) is 0 Å². The average molecular weight is 321 g/mol. The van der Waals surface area contributed by atoms with Gasteiger partial charge in [0.25, 0.3) is 0 Å². The first kappa shape index (κ1) is 16.4. The Labute approximate surface area is 136 Å². The number of benzene rings is 1. The van der Waals surface area contributed by atoms with E-state index >= 15 is 0 Å². The molecule has 2 fully saturated rings. The number of nitrogens with zero attached hydrogens (tertiary/aromatic N) is 2. The van der Waals surface area contributed by atoms with E-state index in [2.05, 4.69) is 4.90 Å².